The molecule has 2 aromatic heterocycles. The molecule has 3 aromatic rings. The Labute approximate surface area is 223 Å². The van der Waals surface area contributed by atoms with Crippen LogP contribution in [0, 0.1) is 0 Å². The molecular weight excluding hydrogens is 480 g/mol. The van der Waals surface area contributed by atoms with Crippen molar-refractivity contribution in [1.82, 2.24) is 29.7 Å². The first-order valence-corrected chi connectivity index (χ1v) is 13.2. The number of carboxylic acid groups (broad SMARTS) is 1. The highest BCUT2D eigenvalue weighted by molar-refractivity contribution is 5.90. The Balaban J connectivity index is 1.42. The van der Waals surface area contributed by atoms with E-state index < -0.39 is 5.97 Å². The molecule has 0 aliphatic carbocycles. The van der Waals surface area contributed by atoms with Crippen LogP contribution < -0.4 is 10.2 Å². The van der Waals surface area contributed by atoms with Gasteiger partial charge in [0.1, 0.15) is 5.82 Å². The molecule has 5 aliphatic heterocycles. The SMILES string of the molecule is CN1CCCN(C)c2ccc(cn2)-c2ccnc(n2)Nc2ccc(C(=O)O)c(c2)CN2CCN(CC1)CC2. The average Bonchev–Trinajstić information content (AvgIpc) is 2.92. The minimum absolute atomic E-state index is 0.330. The lowest BCUT2D eigenvalue weighted by molar-refractivity contribution is 0.0692. The van der Waals surface area contributed by atoms with Crippen LogP contribution >= 0.6 is 0 Å². The largest absolute Gasteiger partial charge is 0.478 e. The molecule has 5 aliphatic rings. The first-order valence-electron chi connectivity index (χ1n) is 13.2. The van der Waals surface area contributed by atoms with E-state index in [2.05, 4.69) is 54.0 Å². The highest BCUT2D eigenvalue weighted by Gasteiger charge is 2.20. The molecule has 2 N–H and O–H groups in total. The first-order chi connectivity index (χ1) is 18.4. The van der Waals surface area contributed by atoms with Gasteiger partial charge in [-0.05, 0) is 62.0 Å². The molecule has 38 heavy (non-hydrogen) atoms. The van der Waals surface area contributed by atoms with Crippen molar-refractivity contribution in [3.05, 3.63) is 59.9 Å². The van der Waals surface area contributed by atoms with Crippen molar-refractivity contribution in [3.8, 4) is 11.3 Å². The van der Waals surface area contributed by atoms with Gasteiger partial charge in [-0.2, -0.15) is 0 Å². The molecular formula is C28H36N8O2. The first kappa shape index (κ1) is 26.0. The van der Waals surface area contributed by atoms with E-state index in [1.807, 2.05) is 30.5 Å². The third kappa shape index (κ3) is 6.45. The second-order valence-corrected chi connectivity index (χ2v) is 10.2. The zero-order valence-corrected chi connectivity index (χ0v) is 22.2. The minimum atomic E-state index is -0.912. The van der Waals surface area contributed by atoms with E-state index in [1.165, 1.54) is 0 Å². The Kier molecular flexibility index (Phi) is 8.11. The Bertz CT molecular complexity index is 1240. The highest BCUT2D eigenvalue weighted by atomic mass is 16.4. The Morgan fingerprint density at radius 1 is 0.895 bits per heavy atom. The molecule has 0 radical (unpaired) electrons. The van der Waals surface area contributed by atoms with Crippen LogP contribution in [0.3, 0.4) is 0 Å². The number of pyridine rings is 1. The second kappa shape index (κ2) is 11.8. The maximum absolute atomic E-state index is 12.0. The van der Waals surface area contributed by atoms with E-state index >= 15 is 0 Å². The van der Waals surface area contributed by atoms with Crippen molar-refractivity contribution in [3.63, 3.8) is 0 Å². The van der Waals surface area contributed by atoms with Crippen LogP contribution in [0.15, 0.2) is 48.8 Å². The third-order valence-electron chi connectivity index (χ3n) is 7.37. The number of carbonyl (C=O) groups is 1. The van der Waals surface area contributed by atoms with Crippen molar-refractivity contribution < 1.29 is 9.90 Å². The molecule has 0 saturated carbocycles. The number of carboxylic acids is 1. The molecule has 1 aromatic carbocycles. The molecule has 8 rings (SSSR count). The topological polar surface area (TPSA) is 101 Å². The zero-order valence-electron chi connectivity index (χ0n) is 22.2. The number of piperazine rings is 1. The normalized spacial score (nSPS) is 21.2. The van der Waals surface area contributed by atoms with E-state index in [0.29, 0.717) is 18.1 Å². The lowest BCUT2D eigenvalue weighted by Crippen LogP contribution is -2.48. The molecule has 8 bridgehead atoms. The van der Waals surface area contributed by atoms with Gasteiger partial charge in [0.2, 0.25) is 5.95 Å². The summed E-state index contributed by atoms with van der Waals surface area (Å²) in [6.07, 6.45) is 4.63. The number of likely N-dealkylation sites (N-methyl/N-ethyl adjacent to an activating group) is 1. The van der Waals surface area contributed by atoms with Gasteiger partial charge in [-0.15, -0.1) is 0 Å². The third-order valence-corrected chi connectivity index (χ3v) is 7.37. The van der Waals surface area contributed by atoms with E-state index in [0.717, 1.165) is 87.1 Å². The molecule has 0 spiro atoms. The Hall–Kier alpha value is -3.60. The lowest BCUT2D eigenvalue weighted by atomic mass is 10.1. The van der Waals surface area contributed by atoms with Gasteiger partial charge in [0.25, 0.3) is 0 Å². The van der Waals surface area contributed by atoms with Crippen LogP contribution in [-0.4, -0.2) is 107 Å². The fourth-order valence-electron chi connectivity index (χ4n) is 5.01. The lowest BCUT2D eigenvalue weighted by Gasteiger charge is -2.35. The molecule has 1 fully saturated rings. The van der Waals surface area contributed by atoms with Gasteiger partial charge in [-0.25, -0.2) is 19.7 Å². The predicted octanol–water partition coefficient (Wildman–Crippen LogP) is 2.87. The van der Waals surface area contributed by atoms with Gasteiger partial charge in [0, 0.05) is 83.1 Å². The molecule has 1 saturated heterocycles. The fourth-order valence-corrected chi connectivity index (χ4v) is 5.01. The average molecular weight is 517 g/mol. The van der Waals surface area contributed by atoms with Gasteiger partial charge >= 0.3 is 5.97 Å². The van der Waals surface area contributed by atoms with Crippen LogP contribution in [0.25, 0.3) is 11.3 Å². The summed E-state index contributed by atoms with van der Waals surface area (Å²) in [4.78, 5) is 35.1. The summed E-state index contributed by atoms with van der Waals surface area (Å²) in [6.45, 7) is 8.45. The summed E-state index contributed by atoms with van der Waals surface area (Å²) in [5.41, 5.74) is 3.55. The van der Waals surface area contributed by atoms with Gasteiger partial charge < -0.3 is 20.2 Å². The molecule has 10 heteroatoms. The van der Waals surface area contributed by atoms with E-state index in [4.69, 9.17) is 0 Å². The van der Waals surface area contributed by atoms with Crippen molar-refractivity contribution in [2.75, 3.05) is 76.7 Å². The van der Waals surface area contributed by atoms with Crippen LogP contribution in [0.5, 0.6) is 0 Å². The minimum Gasteiger partial charge on any atom is -0.478 e. The molecule has 0 amide bonds. The number of hydrogen-bond donors (Lipinski definition) is 2. The number of rotatable bonds is 1. The van der Waals surface area contributed by atoms with Crippen molar-refractivity contribution in [2.45, 2.75) is 13.0 Å². The molecule has 7 heterocycles. The number of nitrogens with one attached hydrogen (secondary N) is 1. The molecule has 0 unspecified atom stereocenters. The summed E-state index contributed by atoms with van der Waals surface area (Å²) in [5.74, 6) is 0.477. The van der Waals surface area contributed by atoms with Crippen LogP contribution in [0.2, 0.25) is 0 Å². The highest BCUT2D eigenvalue weighted by Crippen LogP contribution is 2.24. The van der Waals surface area contributed by atoms with E-state index in [9.17, 15) is 9.90 Å². The van der Waals surface area contributed by atoms with Gasteiger partial charge in [0.05, 0.1) is 11.3 Å². The monoisotopic (exact) mass is 516 g/mol. The maximum Gasteiger partial charge on any atom is 0.336 e. The second-order valence-electron chi connectivity index (χ2n) is 10.2. The Morgan fingerprint density at radius 3 is 2.45 bits per heavy atom. The predicted molar refractivity (Wildman–Crippen MR) is 149 cm³/mol. The Morgan fingerprint density at radius 2 is 1.68 bits per heavy atom. The number of anilines is 3. The summed E-state index contributed by atoms with van der Waals surface area (Å²) in [6, 6.07) is 11.3. The maximum atomic E-state index is 12.0. The molecule has 0 atom stereocenters. The van der Waals surface area contributed by atoms with Crippen molar-refractivity contribution in [1.29, 1.82) is 0 Å². The number of benzene rings is 1. The van der Waals surface area contributed by atoms with Crippen molar-refractivity contribution >= 4 is 23.4 Å². The number of hydrogen-bond acceptors (Lipinski definition) is 9. The summed E-state index contributed by atoms with van der Waals surface area (Å²) >= 11 is 0. The van der Waals surface area contributed by atoms with E-state index in [1.54, 1.807) is 18.3 Å². The van der Waals surface area contributed by atoms with Gasteiger partial charge in [-0.1, -0.05) is 0 Å². The van der Waals surface area contributed by atoms with Crippen LogP contribution in [0.4, 0.5) is 17.5 Å². The van der Waals surface area contributed by atoms with Gasteiger partial charge in [-0.3, -0.25) is 9.80 Å². The van der Waals surface area contributed by atoms with Crippen LogP contribution in [-0.2, 0) is 6.54 Å². The molecule has 200 valence electrons. The van der Waals surface area contributed by atoms with Crippen molar-refractivity contribution in [2.24, 2.45) is 0 Å². The molecule has 10 nitrogen and oxygen atoms in total. The van der Waals surface area contributed by atoms with Crippen LogP contribution in [0.1, 0.15) is 22.3 Å². The summed E-state index contributed by atoms with van der Waals surface area (Å²) in [5, 5.41) is 13.1. The summed E-state index contributed by atoms with van der Waals surface area (Å²) in [7, 11) is 4.27. The number of aromatic nitrogens is 3. The summed E-state index contributed by atoms with van der Waals surface area (Å²) < 4.78 is 0. The fraction of sp³-hybridized carbons (Fsp3) is 0.429. The smallest absolute Gasteiger partial charge is 0.336 e. The standard InChI is InChI=1S/C28H36N8O2/c1-33-10-3-11-34(2)26-7-4-21(19-30-26)25-8-9-29-28(32-25)31-23-5-6-24(27(37)38)22(18-23)20-36-16-14-35(13-12-33)15-17-36/h4-9,18-19H,3,10-17,20H2,1-2H3,(H,37,38)(H,29,31,32). The number of nitrogens with zero attached hydrogens (tertiary/aromatic N) is 7. The van der Waals surface area contributed by atoms with Gasteiger partial charge in [0.15, 0.2) is 0 Å². The van der Waals surface area contributed by atoms with E-state index in [-0.39, 0.29) is 0 Å². The quantitative estimate of drug-likeness (QED) is 0.502. The zero-order chi connectivity index (χ0) is 26.5. The number of aromatic carboxylic acids is 1.